The Morgan fingerprint density at radius 2 is 2.15 bits per heavy atom. The minimum absolute atomic E-state index is 0.223. The first-order valence-electron chi connectivity index (χ1n) is 6.54. The third-order valence-corrected chi connectivity index (χ3v) is 3.12. The normalized spacial score (nSPS) is 10.9. The quantitative estimate of drug-likeness (QED) is 0.877. The summed E-state index contributed by atoms with van der Waals surface area (Å²) in [5.74, 6) is -0.481. The predicted octanol–water partition coefficient (Wildman–Crippen LogP) is 2.70. The molecule has 0 saturated carbocycles. The van der Waals surface area contributed by atoms with Crippen LogP contribution >= 0.6 is 0 Å². The van der Waals surface area contributed by atoms with Gasteiger partial charge in [-0.3, -0.25) is 9.88 Å². The number of nitrogens with zero attached hydrogens (tertiary/aromatic N) is 2. The molecule has 0 radical (unpaired) electrons. The molecule has 2 heterocycles. The highest BCUT2D eigenvalue weighted by atomic mass is 16.4. The second-order valence-electron chi connectivity index (χ2n) is 4.64. The standard InChI is InChI=1S/C15H18N2O3/c1-3-17(9-12-6-4-5-11(2)16-12)10-14-13(15(18)19)7-8-20-14/h4-8H,3,9-10H2,1-2H3,(H,18,19). The number of carboxylic acid groups (broad SMARTS) is 1. The van der Waals surface area contributed by atoms with E-state index in [1.807, 2.05) is 32.0 Å². The molecule has 0 aliphatic rings. The molecule has 0 bridgehead atoms. The van der Waals surface area contributed by atoms with E-state index < -0.39 is 5.97 Å². The number of carbonyl (C=O) groups is 1. The fourth-order valence-corrected chi connectivity index (χ4v) is 2.05. The number of pyridine rings is 1. The number of aryl methyl sites for hydroxylation is 1. The minimum Gasteiger partial charge on any atom is -0.478 e. The zero-order chi connectivity index (χ0) is 14.5. The molecule has 0 aliphatic carbocycles. The molecule has 0 atom stereocenters. The van der Waals surface area contributed by atoms with Gasteiger partial charge in [-0.25, -0.2) is 4.79 Å². The molecule has 5 heteroatoms. The molecule has 1 N–H and O–H groups in total. The summed E-state index contributed by atoms with van der Waals surface area (Å²) in [5, 5.41) is 9.08. The van der Waals surface area contributed by atoms with Gasteiger partial charge in [0.1, 0.15) is 11.3 Å². The van der Waals surface area contributed by atoms with Crippen molar-refractivity contribution in [1.29, 1.82) is 0 Å². The van der Waals surface area contributed by atoms with Crippen LogP contribution < -0.4 is 0 Å². The van der Waals surface area contributed by atoms with Gasteiger partial charge < -0.3 is 9.52 Å². The van der Waals surface area contributed by atoms with Crippen molar-refractivity contribution in [2.24, 2.45) is 0 Å². The van der Waals surface area contributed by atoms with Gasteiger partial charge in [-0.2, -0.15) is 0 Å². The van der Waals surface area contributed by atoms with Crippen molar-refractivity contribution < 1.29 is 14.3 Å². The van der Waals surface area contributed by atoms with Crippen molar-refractivity contribution in [3.8, 4) is 0 Å². The molecule has 5 nitrogen and oxygen atoms in total. The van der Waals surface area contributed by atoms with Crippen molar-refractivity contribution in [1.82, 2.24) is 9.88 Å². The van der Waals surface area contributed by atoms with Crippen LogP contribution in [0.3, 0.4) is 0 Å². The zero-order valence-electron chi connectivity index (χ0n) is 11.7. The van der Waals surface area contributed by atoms with Crippen molar-refractivity contribution in [2.75, 3.05) is 6.54 Å². The number of furan rings is 1. The Morgan fingerprint density at radius 3 is 2.80 bits per heavy atom. The lowest BCUT2D eigenvalue weighted by molar-refractivity contribution is 0.0692. The summed E-state index contributed by atoms with van der Waals surface area (Å²) in [4.78, 5) is 17.6. The van der Waals surface area contributed by atoms with Crippen LogP contribution in [0.5, 0.6) is 0 Å². The van der Waals surface area contributed by atoms with E-state index >= 15 is 0 Å². The molecule has 0 fully saturated rings. The molecule has 0 saturated heterocycles. The van der Waals surface area contributed by atoms with Crippen LogP contribution in [0.25, 0.3) is 0 Å². The van der Waals surface area contributed by atoms with Crippen molar-refractivity contribution in [3.05, 3.63) is 53.2 Å². The SMILES string of the molecule is CCN(Cc1cccc(C)n1)Cc1occc1C(=O)O. The summed E-state index contributed by atoms with van der Waals surface area (Å²) in [5.41, 5.74) is 2.17. The highest BCUT2D eigenvalue weighted by molar-refractivity contribution is 5.88. The lowest BCUT2D eigenvalue weighted by Crippen LogP contribution is -2.23. The number of rotatable bonds is 6. The third kappa shape index (κ3) is 3.45. The van der Waals surface area contributed by atoms with Gasteiger partial charge in [0.05, 0.1) is 18.5 Å². The summed E-state index contributed by atoms with van der Waals surface area (Å²) in [6, 6.07) is 7.38. The van der Waals surface area contributed by atoms with Crippen molar-refractivity contribution >= 4 is 5.97 Å². The van der Waals surface area contributed by atoms with Gasteiger partial charge in [-0.15, -0.1) is 0 Å². The van der Waals surface area contributed by atoms with E-state index in [2.05, 4.69) is 9.88 Å². The van der Waals surface area contributed by atoms with E-state index in [1.165, 1.54) is 12.3 Å². The zero-order valence-corrected chi connectivity index (χ0v) is 11.7. The van der Waals surface area contributed by atoms with Gasteiger partial charge in [0.2, 0.25) is 0 Å². The Labute approximate surface area is 117 Å². The molecule has 0 spiro atoms. The maximum atomic E-state index is 11.1. The molecular formula is C15H18N2O3. The summed E-state index contributed by atoms with van der Waals surface area (Å²) >= 11 is 0. The first kappa shape index (κ1) is 14.3. The van der Waals surface area contributed by atoms with Gasteiger partial charge in [-0.1, -0.05) is 13.0 Å². The van der Waals surface area contributed by atoms with Crippen molar-refractivity contribution in [3.63, 3.8) is 0 Å². The second-order valence-corrected chi connectivity index (χ2v) is 4.64. The van der Waals surface area contributed by atoms with E-state index in [1.54, 1.807) is 0 Å². The van der Waals surface area contributed by atoms with Crippen LogP contribution in [0.4, 0.5) is 0 Å². The molecule has 0 aliphatic heterocycles. The van der Waals surface area contributed by atoms with E-state index in [0.29, 0.717) is 18.8 Å². The smallest absolute Gasteiger partial charge is 0.339 e. The average Bonchev–Trinajstić information content (AvgIpc) is 2.86. The number of hydrogen-bond acceptors (Lipinski definition) is 4. The molecule has 2 aromatic heterocycles. The lowest BCUT2D eigenvalue weighted by atomic mass is 10.2. The molecule has 106 valence electrons. The molecule has 20 heavy (non-hydrogen) atoms. The molecular weight excluding hydrogens is 256 g/mol. The van der Waals surface area contributed by atoms with Crippen LogP contribution in [0, 0.1) is 6.92 Å². The number of aromatic carboxylic acids is 1. The van der Waals surface area contributed by atoms with Crippen LogP contribution in [-0.4, -0.2) is 27.5 Å². The largest absolute Gasteiger partial charge is 0.478 e. The number of carboxylic acids is 1. The van der Waals surface area contributed by atoms with Crippen LogP contribution in [0.2, 0.25) is 0 Å². The van der Waals surface area contributed by atoms with Gasteiger partial charge >= 0.3 is 5.97 Å². The fourth-order valence-electron chi connectivity index (χ4n) is 2.05. The van der Waals surface area contributed by atoms with Gasteiger partial charge in [0.25, 0.3) is 0 Å². The fraction of sp³-hybridized carbons (Fsp3) is 0.333. The average molecular weight is 274 g/mol. The molecule has 2 aromatic rings. The van der Waals surface area contributed by atoms with Gasteiger partial charge in [0.15, 0.2) is 0 Å². The summed E-state index contributed by atoms with van der Waals surface area (Å²) in [7, 11) is 0. The van der Waals surface area contributed by atoms with Crippen LogP contribution in [-0.2, 0) is 13.1 Å². The van der Waals surface area contributed by atoms with Gasteiger partial charge in [0, 0.05) is 12.2 Å². The van der Waals surface area contributed by atoms with Crippen molar-refractivity contribution in [2.45, 2.75) is 26.9 Å². The monoisotopic (exact) mass is 274 g/mol. The highest BCUT2D eigenvalue weighted by Gasteiger charge is 2.16. The first-order valence-corrected chi connectivity index (χ1v) is 6.54. The topological polar surface area (TPSA) is 66.6 Å². The number of hydrogen-bond donors (Lipinski definition) is 1. The Hall–Kier alpha value is -2.14. The molecule has 2 rings (SSSR count). The Morgan fingerprint density at radius 1 is 1.35 bits per heavy atom. The van der Waals surface area contributed by atoms with Crippen LogP contribution in [0.15, 0.2) is 34.9 Å². The Balaban J connectivity index is 2.09. The summed E-state index contributed by atoms with van der Waals surface area (Å²) < 4.78 is 5.28. The summed E-state index contributed by atoms with van der Waals surface area (Å²) in [6.07, 6.45) is 1.41. The Bertz CT molecular complexity index is 592. The van der Waals surface area contributed by atoms with E-state index in [9.17, 15) is 4.79 Å². The Kier molecular flexibility index (Phi) is 4.53. The van der Waals surface area contributed by atoms with Gasteiger partial charge in [-0.05, 0) is 31.7 Å². The van der Waals surface area contributed by atoms with Crippen LogP contribution in [0.1, 0.15) is 34.4 Å². The first-order chi connectivity index (χ1) is 9.60. The lowest BCUT2D eigenvalue weighted by Gasteiger charge is -2.19. The highest BCUT2D eigenvalue weighted by Crippen LogP contribution is 2.15. The third-order valence-electron chi connectivity index (χ3n) is 3.12. The summed E-state index contributed by atoms with van der Waals surface area (Å²) in [6.45, 7) is 5.89. The maximum Gasteiger partial charge on any atom is 0.339 e. The molecule has 0 unspecified atom stereocenters. The van der Waals surface area contributed by atoms with E-state index in [0.717, 1.165) is 17.9 Å². The minimum atomic E-state index is -0.960. The maximum absolute atomic E-state index is 11.1. The number of aromatic nitrogens is 1. The van der Waals surface area contributed by atoms with E-state index in [-0.39, 0.29) is 5.56 Å². The molecule has 0 aromatic carbocycles. The van der Waals surface area contributed by atoms with E-state index in [4.69, 9.17) is 9.52 Å². The molecule has 0 amide bonds. The second kappa shape index (κ2) is 6.34. The predicted molar refractivity (Wildman–Crippen MR) is 74.4 cm³/mol.